The lowest BCUT2D eigenvalue weighted by Crippen LogP contribution is -2.00. The van der Waals surface area contributed by atoms with Gasteiger partial charge in [0.1, 0.15) is 5.75 Å². The Morgan fingerprint density at radius 2 is 1.69 bits per heavy atom. The molecule has 0 spiro atoms. The molecule has 92 valence electrons. The van der Waals surface area contributed by atoms with Crippen LogP contribution < -0.4 is 0 Å². The second kappa shape index (κ2) is 10.0. The van der Waals surface area contributed by atoms with Crippen LogP contribution >= 0.6 is 0 Å². The number of phenolic OH excluding ortho intramolecular Hbond substituents is 1. The quantitative estimate of drug-likeness (QED) is 0.745. The monoisotopic (exact) mass is 226 g/mol. The van der Waals surface area contributed by atoms with Gasteiger partial charge in [-0.25, -0.2) is 4.79 Å². The molecule has 0 aliphatic carbocycles. The topological polar surface area (TPSA) is 46.5 Å². The molecule has 0 radical (unpaired) electrons. The summed E-state index contributed by atoms with van der Waals surface area (Å²) in [4.78, 5) is 10.9. The highest BCUT2D eigenvalue weighted by Gasteiger charge is 2.06. The number of aromatic hydroxyl groups is 1. The van der Waals surface area contributed by atoms with Crippen molar-refractivity contribution in [2.24, 2.45) is 0 Å². The summed E-state index contributed by atoms with van der Waals surface area (Å²) in [5, 5.41) is 9.24. The highest BCUT2D eigenvalue weighted by molar-refractivity contribution is 5.89. The van der Waals surface area contributed by atoms with E-state index in [1.54, 1.807) is 19.1 Å². The molecule has 0 fully saturated rings. The maximum atomic E-state index is 10.9. The average molecular weight is 226 g/mol. The molecular weight excluding hydrogens is 204 g/mol. The number of ether oxygens (including phenoxy) is 1. The number of aryl methyl sites for hydroxylation is 1. The Balaban J connectivity index is 0. The van der Waals surface area contributed by atoms with Gasteiger partial charge in [0.2, 0.25) is 0 Å². The molecule has 1 aromatic rings. The van der Waals surface area contributed by atoms with Crippen LogP contribution in [0.4, 0.5) is 0 Å². The van der Waals surface area contributed by atoms with Crippen LogP contribution in [-0.4, -0.2) is 18.2 Å². The van der Waals surface area contributed by atoms with Crippen molar-refractivity contribution in [3.63, 3.8) is 0 Å². The first-order valence-electron chi connectivity index (χ1n) is 5.53. The number of rotatable bonds is 1. The van der Waals surface area contributed by atoms with Crippen molar-refractivity contribution in [1.82, 2.24) is 0 Å². The van der Waals surface area contributed by atoms with E-state index in [0.717, 1.165) is 5.56 Å². The lowest BCUT2D eigenvalue weighted by Gasteiger charge is -2.01. The molecule has 0 bridgehead atoms. The molecule has 1 rings (SSSR count). The SMILES string of the molecule is CC.CC.COC(=O)c1ccc(C)c(O)c1. The highest BCUT2D eigenvalue weighted by atomic mass is 16.5. The summed E-state index contributed by atoms with van der Waals surface area (Å²) in [7, 11) is 1.30. The Morgan fingerprint density at radius 1 is 1.19 bits per heavy atom. The van der Waals surface area contributed by atoms with E-state index in [4.69, 9.17) is 0 Å². The molecule has 1 aromatic carbocycles. The third-order valence-electron chi connectivity index (χ3n) is 1.63. The lowest BCUT2D eigenvalue weighted by atomic mass is 10.1. The fourth-order valence-corrected chi connectivity index (χ4v) is 0.854. The molecule has 0 saturated heterocycles. The van der Waals surface area contributed by atoms with E-state index < -0.39 is 5.97 Å². The second-order valence-electron chi connectivity index (χ2n) is 2.49. The van der Waals surface area contributed by atoms with Crippen LogP contribution in [0.15, 0.2) is 18.2 Å². The van der Waals surface area contributed by atoms with Gasteiger partial charge in [-0.2, -0.15) is 0 Å². The molecule has 0 unspecified atom stereocenters. The van der Waals surface area contributed by atoms with E-state index in [1.165, 1.54) is 13.2 Å². The fraction of sp³-hybridized carbons (Fsp3) is 0.462. The van der Waals surface area contributed by atoms with Crippen LogP contribution in [0.2, 0.25) is 0 Å². The summed E-state index contributed by atoms with van der Waals surface area (Å²) in [6, 6.07) is 4.67. The van der Waals surface area contributed by atoms with Crippen LogP contribution in [0.5, 0.6) is 5.75 Å². The normalized spacial score (nSPS) is 7.88. The Bertz CT molecular complexity index is 306. The van der Waals surface area contributed by atoms with Gasteiger partial charge in [0.25, 0.3) is 0 Å². The molecular formula is C13H22O3. The van der Waals surface area contributed by atoms with Gasteiger partial charge in [-0.05, 0) is 24.6 Å². The van der Waals surface area contributed by atoms with Crippen LogP contribution in [0.1, 0.15) is 43.6 Å². The van der Waals surface area contributed by atoms with Gasteiger partial charge in [-0.3, -0.25) is 0 Å². The molecule has 0 aliphatic rings. The summed E-state index contributed by atoms with van der Waals surface area (Å²) in [5.74, 6) is -0.330. The predicted octanol–water partition coefficient (Wildman–Crippen LogP) is 3.54. The summed E-state index contributed by atoms with van der Waals surface area (Å²) in [5.41, 5.74) is 1.10. The lowest BCUT2D eigenvalue weighted by molar-refractivity contribution is 0.0600. The molecule has 0 aromatic heterocycles. The van der Waals surface area contributed by atoms with E-state index in [1.807, 2.05) is 27.7 Å². The Morgan fingerprint density at radius 3 is 2.06 bits per heavy atom. The number of carbonyl (C=O) groups is 1. The van der Waals surface area contributed by atoms with Crippen LogP contribution in [0.3, 0.4) is 0 Å². The molecule has 0 atom stereocenters. The van der Waals surface area contributed by atoms with Gasteiger partial charge < -0.3 is 9.84 Å². The molecule has 0 aliphatic heterocycles. The molecule has 1 N–H and O–H groups in total. The van der Waals surface area contributed by atoms with Crippen LogP contribution in [0.25, 0.3) is 0 Å². The Labute approximate surface area is 98.1 Å². The van der Waals surface area contributed by atoms with Crippen molar-refractivity contribution in [2.45, 2.75) is 34.6 Å². The molecule has 3 heteroatoms. The van der Waals surface area contributed by atoms with Gasteiger partial charge >= 0.3 is 5.97 Å². The summed E-state index contributed by atoms with van der Waals surface area (Å²) in [6.45, 7) is 9.76. The van der Waals surface area contributed by atoms with Crippen molar-refractivity contribution >= 4 is 5.97 Å². The standard InChI is InChI=1S/C9H10O3.2C2H6/c1-6-3-4-7(5-8(6)10)9(11)12-2;2*1-2/h3-5,10H,1-2H3;2*1-2H3. The number of phenols is 1. The predicted molar refractivity (Wildman–Crippen MR) is 66.9 cm³/mol. The molecule has 0 amide bonds. The van der Waals surface area contributed by atoms with Gasteiger partial charge in [0.05, 0.1) is 12.7 Å². The first-order valence-corrected chi connectivity index (χ1v) is 5.53. The summed E-state index contributed by atoms with van der Waals surface area (Å²) >= 11 is 0. The van der Waals surface area contributed by atoms with E-state index in [2.05, 4.69) is 4.74 Å². The second-order valence-corrected chi connectivity index (χ2v) is 2.49. The minimum atomic E-state index is -0.440. The van der Waals surface area contributed by atoms with Crippen LogP contribution in [-0.2, 0) is 4.74 Å². The van der Waals surface area contributed by atoms with Crippen molar-refractivity contribution in [2.75, 3.05) is 7.11 Å². The van der Waals surface area contributed by atoms with E-state index >= 15 is 0 Å². The van der Waals surface area contributed by atoms with Crippen LogP contribution in [0, 0.1) is 6.92 Å². The number of carbonyl (C=O) groups excluding carboxylic acids is 1. The zero-order valence-corrected chi connectivity index (χ0v) is 11.0. The van der Waals surface area contributed by atoms with Gasteiger partial charge in [-0.15, -0.1) is 0 Å². The van der Waals surface area contributed by atoms with E-state index in [-0.39, 0.29) is 5.75 Å². The minimum Gasteiger partial charge on any atom is -0.508 e. The van der Waals surface area contributed by atoms with Gasteiger partial charge in [-0.1, -0.05) is 33.8 Å². The largest absolute Gasteiger partial charge is 0.508 e. The van der Waals surface area contributed by atoms with Crippen molar-refractivity contribution < 1.29 is 14.6 Å². The number of hydrogen-bond donors (Lipinski definition) is 1. The highest BCUT2D eigenvalue weighted by Crippen LogP contribution is 2.17. The Kier molecular flexibility index (Phi) is 10.6. The van der Waals surface area contributed by atoms with E-state index in [9.17, 15) is 9.90 Å². The average Bonchev–Trinajstić information content (AvgIpc) is 2.36. The summed E-state index contributed by atoms with van der Waals surface area (Å²) < 4.78 is 4.48. The molecule has 0 heterocycles. The zero-order valence-electron chi connectivity index (χ0n) is 11.0. The van der Waals surface area contributed by atoms with E-state index in [0.29, 0.717) is 5.56 Å². The van der Waals surface area contributed by atoms with Gasteiger partial charge in [0, 0.05) is 0 Å². The first kappa shape index (κ1) is 16.9. The number of benzene rings is 1. The smallest absolute Gasteiger partial charge is 0.337 e. The zero-order chi connectivity index (χ0) is 13.1. The molecule has 3 nitrogen and oxygen atoms in total. The first-order chi connectivity index (χ1) is 7.65. The summed E-state index contributed by atoms with van der Waals surface area (Å²) in [6.07, 6.45) is 0. The number of methoxy groups -OCH3 is 1. The van der Waals surface area contributed by atoms with Crippen molar-refractivity contribution in [3.05, 3.63) is 29.3 Å². The van der Waals surface area contributed by atoms with Gasteiger partial charge in [0.15, 0.2) is 0 Å². The molecule has 16 heavy (non-hydrogen) atoms. The Hall–Kier alpha value is -1.51. The maximum absolute atomic E-state index is 10.9. The minimum absolute atomic E-state index is 0.109. The third kappa shape index (κ3) is 5.39. The fourth-order valence-electron chi connectivity index (χ4n) is 0.854. The molecule has 0 saturated carbocycles. The third-order valence-corrected chi connectivity index (χ3v) is 1.63. The van der Waals surface area contributed by atoms with Crippen molar-refractivity contribution in [1.29, 1.82) is 0 Å². The van der Waals surface area contributed by atoms with Crippen molar-refractivity contribution in [3.8, 4) is 5.75 Å². The number of esters is 1. The number of hydrogen-bond acceptors (Lipinski definition) is 3. The maximum Gasteiger partial charge on any atom is 0.337 e.